The van der Waals surface area contributed by atoms with E-state index in [1.54, 1.807) is 0 Å². The lowest BCUT2D eigenvalue weighted by Gasteiger charge is -2.32. The third-order valence-corrected chi connectivity index (χ3v) is 4.87. The molecule has 3 heteroatoms. The maximum Gasteiger partial charge on any atom is 0.232 e. The van der Waals surface area contributed by atoms with Crippen LogP contribution in [-0.2, 0) is 16.6 Å². The van der Waals surface area contributed by atoms with Crippen LogP contribution < -0.4 is 5.73 Å². The number of carbonyl (C=O) groups is 1. The van der Waals surface area contributed by atoms with E-state index in [1.165, 1.54) is 5.56 Å². The number of hydrogen-bond acceptors (Lipinski definition) is 2. The molecule has 0 radical (unpaired) electrons. The largest absolute Gasteiger partial charge is 0.339 e. The lowest BCUT2D eigenvalue weighted by Crippen LogP contribution is -2.45. The van der Waals surface area contributed by atoms with Crippen molar-refractivity contribution in [1.29, 1.82) is 0 Å². The fraction of sp³-hybridized carbons (Fsp3) is 0.611. The van der Waals surface area contributed by atoms with Crippen LogP contribution in [0, 0.1) is 5.92 Å². The summed E-state index contributed by atoms with van der Waals surface area (Å²) in [5.74, 6) is 0.664. The van der Waals surface area contributed by atoms with Crippen LogP contribution in [0.1, 0.15) is 45.2 Å². The SMILES string of the molecule is CCc1ccc(C(C)(C)C(=O)N2CC(CN)CC2C)cc1. The zero-order valence-corrected chi connectivity index (χ0v) is 13.7. The Hall–Kier alpha value is -1.35. The van der Waals surface area contributed by atoms with Gasteiger partial charge in [-0.25, -0.2) is 0 Å². The topological polar surface area (TPSA) is 46.3 Å². The quantitative estimate of drug-likeness (QED) is 0.926. The van der Waals surface area contributed by atoms with E-state index in [1.807, 2.05) is 18.7 Å². The number of rotatable bonds is 4. The number of carbonyl (C=O) groups excluding carboxylic acids is 1. The number of hydrogen-bond donors (Lipinski definition) is 1. The molecule has 0 bridgehead atoms. The number of aryl methyl sites for hydroxylation is 1. The van der Waals surface area contributed by atoms with Crippen LogP contribution in [0.15, 0.2) is 24.3 Å². The van der Waals surface area contributed by atoms with Gasteiger partial charge in [0.05, 0.1) is 5.41 Å². The highest BCUT2D eigenvalue weighted by Crippen LogP contribution is 2.31. The van der Waals surface area contributed by atoms with Crippen molar-refractivity contribution in [2.45, 2.75) is 52.0 Å². The molecule has 3 nitrogen and oxygen atoms in total. The van der Waals surface area contributed by atoms with Gasteiger partial charge in [-0.05, 0) is 57.2 Å². The summed E-state index contributed by atoms with van der Waals surface area (Å²) in [6, 6.07) is 8.73. The van der Waals surface area contributed by atoms with Gasteiger partial charge in [0.25, 0.3) is 0 Å². The third kappa shape index (κ3) is 3.13. The lowest BCUT2D eigenvalue weighted by molar-refractivity contribution is -0.136. The summed E-state index contributed by atoms with van der Waals surface area (Å²) in [4.78, 5) is 15.0. The lowest BCUT2D eigenvalue weighted by atomic mass is 9.82. The second-order valence-electron chi connectivity index (χ2n) is 6.82. The molecule has 1 saturated heterocycles. The molecular weight excluding hydrogens is 260 g/mol. The van der Waals surface area contributed by atoms with Gasteiger partial charge in [-0.15, -0.1) is 0 Å². The molecule has 1 fully saturated rings. The Morgan fingerprint density at radius 2 is 1.95 bits per heavy atom. The fourth-order valence-corrected chi connectivity index (χ4v) is 3.24. The average molecular weight is 288 g/mol. The molecule has 2 N–H and O–H groups in total. The van der Waals surface area contributed by atoms with E-state index in [4.69, 9.17) is 5.73 Å². The van der Waals surface area contributed by atoms with Crippen LogP contribution in [0.25, 0.3) is 0 Å². The van der Waals surface area contributed by atoms with Crippen molar-refractivity contribution < 1.29 is 4.79 Å². The molecule has 1 aromatic rings. The zero-order valence-electron chi connectivity index (χ0n) is 13.7. The Bertz CT molecular complexity index is 492. The molecule has 1 aromatic carbocycles. The monoisotopic (exact) mass is 288 g/mol. The Balaban J connectivity index is 2.19. The maximum atomic E-state index is 13.0. The van der Waals surface area contributed by atoms with Crippen LogP contribution in [-0.4, -0.2) is 29.9 Å². The van der Waals surface area contributed by atoms with Gasteiger partial charge >= 0.3 is 0 Å². The first-order chi connectivity index (χ1) is 9.90. The van der Waals surface area contributed by atoms with Crippen molar-refractivity contribution in [3.05, 3.63) is 35.4 Å². The molecule has 116 valence electrons. The molecule has 1 aliphatic heterocycles. The van der Waals surface area contributed by atoms with Crippen molar-refractivity contribution in [3.8, 4) is 0 Å². The average Bonchev–Trinajstić information content (AvgIpc) is 2.87. The molecule has 0 aromatic heterocycles. The summed E-state index contributed by atoms with van der Waals surface area (Å²) in [5, 5.41) is 0. The molecule has 2 atom stereocenters. The first-order valence-corrected chi connectivity index (χ1v) is 8.00. The first-order valence-electron chi connectivity index (χ1n) is 8.00. The Morgan fingerprint density at radius 1 is 1.33 bits per heavy atom. The van der Waals surface area contributed by atoms with Gasteiger partial charge in [0.2, 0.25) is 5.91 Å². The predicted molar refractivity (Wildman–Crippen MR) is 87.2 cm³/mol. The second kappa shape index (κ2) is 6.18. The minimum atomic E-state index is -0.482. The minimum Gasteiger partial charge on any atom is -0.339 e. The molecule has 0 saturated carbocycles. The second-order valence-corrected chi connectivity index (χ2v) is 6.82. The van der Waals surface area contributed by atoms with E-state index in [-0.39, 0.29) is 5.91 Å². The number of nitrogens with zero attached hydrogens (tertiary/aromatic N) is 1. The summed E-state index contributed by atoms with van der Waals surface area (Å²) < 4.78 is 0. The molecule has 21 heavy (non-hydrogen) atoms. The van der Waals surface area contributed by atoms with Gasteiger partial charge in [-0.2, -0.15) is 0 Å². The summed E-state index contributed by atoms with van der Waals surface area (Å²) in [6.45, 7) is 9.79. The smallest absolute Gasteiger partial charge is 0.232 e. The van der Waals surface area contributed by atoms with Gasteiger partial charge < -0.3 is 10.6 Å². The van der Waals surface area contributed by atoms with Gasteiger partial charge in [0.15, 0.2) is 0 Å². The highest BCUT2D eigenvalue weighted by molar-refractivity contribution is 5.87. The van der Waals surface area contributed by atoms with Gasteiger partial charge in [0, 0.05) is 12.6 Å². The Labute approximate surface area is 128 Å². The standard InChI is InChI=1S/C18H28N2O/c1-5-14-6-8-16(9-7-14)18(3,4)17(21)20-12-15(11-19)10-13(20)2/h6-9,13,15H,5,10-12,19H2,1-4H3. The number of benzene rings is 1. The minimum absolute atomic E-state index is 0.218. The van der Waals surface area contributed by atoms with E-state index >= 15 is 0 Å². The van der Waals surface area contributed by atoms with Crippen LogP contribution in [0.5, 0.6) is 0 Å². The van der Waals surface area contributed by atoms with Crippen molar-refractivity contribution in [2.75, 3.05) is 13.1 Å². The summed E-state index contributed by atoms with van der Waals surface area (Å²) >= 11 is 0. The van der Waals surface area contributed by atoms with Crippen LogP contribution in [0.3, 0.4) is 0 Å². The Morgan fingerprint density at radius 3 is 2.43 bits per heavy atom. The highest BCUT2D eigenvalue weighted by Gasteiger charge is 2.39. The summed E-state index contributed by atoms with van der Waals surface area (Å²) in [7, 11) is 0. The van der Waals surface area contributed by atoms with Gasteiger partial charge in [0.1, 0.15) is 0 Å². The Kier molecular flexibility index (Phi) is 4.72. The van der Waals surface area contributed by atoms with E-state index in [9.17, 15) is 4.79 Å². The molecule has 0 aliphatic carbocycles. The van der Waals surface area contributed by atoms with Crippen molar-refractivity contribution in [2.24, 2.45) is 11.7 Å². The molecule has 1 heterocycles. The molecular formula is C18H28N2O. The van der Waals surface area contributed by atoms with E-state index < -0.39 is 5.41 Å². The highest BCUT2D eigenvalue weighted by atomic mass is 16.2. The molecule has 2 unspecified atom stereocenters. The number of amides is 1. The van der Waals surface area contributed by atoms with E-state index in [2.05, 4.69) is 38.1 Å². The number of nitrogens with two attached hydrogens (primary N) is 1. The third-order valence-electron chi connectivity index (χ3n) is 4.87. The molecule has 2 rings (SSSR count). The van der Waals surface area contributed by atoms with Gasteiger partial charge in [-0.3, -0.25) is 4.79 Å². The van der Waals surface area contributed by atoms with Crippen molar-refractivity contribution in [1.82, 2.24) is 4.90 Å². The molecule has 0 spiro atoms. The molecule has 1 aliphatic rings. The van der Waals surface area contributed by atoms with Crippen LogP contribution in [0.4, 0.5) is 0 Å². The number of likely N-dealkylation sites (tertiary alicyclic amines) is 1. The van der Waals surface area contributed by atoms with Crippen LogP contribution in [0.2, 0.25) is 0 Å². The fourth-order valence-electron chi connectivity index (χ4n) is 3.24. The zero-order chi connectivity index (χ0) is 15.6. The van der Waals surface area contributed by atoms with Crippen molar-refractivity contribution in [3.63, 3.8) is 0 Å². The molecule has 1 amide bonds. The normalized spacial score (nSPS) is 22.6. The maximum absolute atomic E-state index is 13.0. The summed E-state index contributed by atoms with van der Waals surface area (Å²) in [6.07, 6.45) is 2.04. The summed E-state index contributed by atoms with van der Waals surface area (Å²) in [5.41, 5.74) is 7.69. The van der Waals surface area contributed by atoms with Gasteiger partial charge in [-0.1, -0.05) is 31.2 Å². The predicted octanol–water partition coefficient (Wildman–Crippen LogP) is 2.72. The van der Waals surface area contributed by atoms with E-state index in [0.717, 1.165) is 24.9 Å². The van der Waals surface area contributed by atoms with Crippen LogP contribution >= 0.6 is 0 Å². The van der Waals surface area contributed by atoms with Crippen molar-refractivity contribution >= 4 is 5.91 Å². The first kappa shape index (κ1) is 16.0. The van der Waals surface area contributed by atoms with E-state index in [0.29, 0.717) is 18.5 Å².